The normalized spacial score (nSPS) is 24.9. The first kappa shape index (κ1) is 13.0. The Labute approximate surface area is 105 Å². The number of benzene rings is 1. The number of rotatable bonds is 2. The van der Waals surface area contributed by atoms with Crippen LogP contribution in [0.3, 0.4) is 0 Å². The van der Waals surface area contributed by atoms with E-state index in [0.29, 0.717) is 0 Å². The van der Waals surface area contributed by atoms with Crippen molar-refractivity contribution >= 4 is 28.3 Å². The Bertz CT molecular complexity index is 326. The van der Waals surface area contributed by atoms with Crippen molar-refractivity contribution in [2.75, 3.05) is 13.2 Å². The predicted octanol–water partition coefficient (Wildman–Crippen LogP) is 2.75. The van der Waals surface area contributed by atoms with Gasteiger partial charge in [-0.1, -0.05) is 28.1 Å². The second-order valence-corrected chi connectivity index (χ2v) is 4.73. The Hall–Kier alpha value is -0.0900. The minimum absolute atomic E-state index is 0. The van der Waals surface area contributed by atoms with Crippen LogP contribution in [0.5, 0.6) is 0 Å². The summed E-state index contributed by atoms with van der Waals surface area (Å²) >= 11 is 3.47. The molecule has 0 saturated carbocycles. The van der Waals surface area contributed by atoms with Gasteiger partial charge in [-0.3, -0.25) is 5.32 Å². The molecule has 4 heteroatoms. The average Bonchev–Trinajstić information content (AvgIpc) is 2.51. The van der Waals surface area contributed by atoms with Crippen LogP contribution in [-0.4, -0.2) is 18.9 Å². The third-order valence-corrected chi connectivity index (χ3v) is 2.95. The van der Waals surface area contributed by atoms with Gasteiger partial charge in [-0.15, -0.1) is 12.4 Å². The smallest absolute Gasteiger partial charge is 0.120 e. The molecule has 1 aliphatic rings. The van der Waals surface area contributed by atoms with E-state index in [0.717, 1.165) is 24.0 Å². The van der Waals surface area contributed by atoms with Gasteiger partial charge in [0, 0.05) is 17.4 Å². The van der Waals surface area contributed by atoms with Gasteiger partial charge in [0.15, 0.2) is 0 Å². The number of halogens is 2. The Kier molecular flexibility index (Phi) is 4.59. The summed E-state index contributed by atoms with van der Waals surface area (Å²) in [6.45, 7) is 3.86. The summed E-state index contributed by atoms with van der Waals surface area (Å²) in [5, 5.41) is 3.36. The Morgan fingerprint density at radius 1 is 1.53 bits per heavy atom. The van der Waals surface area contributed by atoms with Crippen molar-refractivity contribution < 1.29 is 4.74 Å². The molecule has 1 aromatic carbocycles. The minimum atomic E-state index is -0.180. The molecule has 1 atom stereocenters. The molecule has 15 heavy (non-hydrogen) atoms. The molecule has 2 rings (SSSR count). The third-order valence-electron chi connectivity index (χ3n) is 2.45. The second kappa shape index (κ2) is 5.30. The van der Waals surface area contributed by atoms with Crippen LogP contribution >= 0.6 is 28.3 Å². The number of nitrogens with one attached hydrogen (secondary N) is 1. The molecular formula is C11H15BrClNO. The molecule has 1 saturated heterocycles. The van der Waals surface area contributed by atoms with Gasteiger partial charge in [0.2, 0.25) is 0 Å². The van der Waals surface area contributed by atoms with Crippen molar-refractivity contribution in [3.8, 4) is 0 Å². The first-order valence-corrected chi connectivity index (χ1v) is 5.61. The molecular weight excluding hydrogens is 277 g/mol. The topological polar surface area (TPSA) is 21.3 Å². The highest BCUT2D eigenvalue weighted by Gasteiger charge is 2.28. The molecule has 1 fully saturated rings. The quantitative estimate of drug-likeness (QED) is 0.905. The standard InChI is InChI=1S/C11H14BrNO.ClH/c1-11(13-5-6-14-11)8-9-3-2-4-10(12)7-9;/h2-4,7,13H,5-6,8H2,1H3;1H. The first-order chi connectivity index (χ1) is 6.68. The highest BCUT2D eigenvalue weighted by atomic mass is 79.9. The zero-order valence-electron chi connectivity index (χ0n) is 8.63. The average molecular weight is 293 g/mol. The summed E-state index contributed by atoms with van der Waals surface area (Å²) in [7, 11) is 0. The number of ether oxygens (including phenoxy) is 1. The summed E-state index contributed by atoms with van der Waals surface area (Å²) in [5.41, 5.74) is 1.11. The molecule has 1 heterocycles. The highest BCUT2D eigenvalue weighted by molar-refractivity contribution is 9.10. The third kappa shape index (κ3) is 3.45. The molecule has 0 bridgehead atoms. The lowest BCUT2D eigenvalue weighted by molar-refractivity contribution is 0.00701. The summed E-state index contributed by atoms with van der Waals surface area (Å²) in [6.07, 6.45) is 0.909. The van der Waals surface area contributed by atoms with Crippen molar-refractivity contribution in [1.82, 2.24) is 5.32 Å². The fourth-order valence-electron chi connectivity index (χ4n) is 1.79. The van der Waals surface area contributed by atoms with E-state index in [9.17, 15) is 0 Å². The molecule has 1 N–H and O–H groups in total. The van der Waals surface area contributed by atoms with Crippen LogP contribution in [-0.2, 0) is 11.2 Å². The molecule has 2 nitrogen and oxygen atoms in total. The van der Waals surface area contributed by atoms with E-state index >= 15 is 0 Å². The van der Waals surface area contributed by atoms with E-state index in [-0.39, 0.29) is 18.1 Å². The van der Waals surface area contributed by atoms with Crippen LogP contribution in [0, 0.1) is 0 Å². The first-order valence-electron chi connectivity index (χ1n) is 4.81. The summed E-state index contributed by atoms with van der Waals surface area (Å²) in [4.78, 5) is 0. The van der Waals surface area contributed by atoms with E-state index in [4.69, 9.17) is 4.74 Å². The lowest BCUT2D eigenvalue weighted by atomic mass is 10.0. The molecule has 0 aliphatic carbocycles. The maximum absolute atomic E-state index is 5.66. The van der Waals surface area contributed by atoms with Gasteiger partial charge in [-0.05, 0) is 24.6 Å². The van der Waals surface area contributed by atoms with Gasteiger partial charge >= 0.3 is 0 Å². The van der Waals surface area contributed by atoms with Crippen molar-refractivity contribution in [2.45, 2.75) is 19.1 Å². The zero-order valence-corrected chi connectivity index (χ0v) is 11.0. The molecule has 1 unspecified atom stereocenters. The Balaban J connectivity index is 0.00000112. The Morgan fingerprint density at radius 2 is 2.33 bits per heavy atom. The van der Waals surface area contributed by atoms with Gasteiger partial charge in [0.25, 0.3) is 0 Å². The van der Waals surface area contributed by atoms with E-state index in [1.807, 2.05) is 6.07 Å². The molecule has 1 aromatic rings. The molecule has 84 valence electrons. The van der Waals surface area contributed by atoms with Crippen molar-refractivity contribution in [1.29, 1.82) is 0 Å². The molecule has 0 amide bonds. The lowest BCUT2D eigenvalue weighted by Gasteiger charge is -2.23. The molecule has 0 radical (unpaired) electrons. The van der Waals surface area contributed by atoms with Crippen LogP contribution in [0.1, 0.15) is 12.5 Å². The summed E-state index contributed by atoms with van der Waals surface area (Å²) in [6, 6.07) is 8.35. The molecule has 0 spiro atoms. The second-order valence-electron chi connectivity index (χ2n) is 3.81. The zero-order chi connectivity index (χ0) is 10.0. The monoisotopic (exact) mass is 291 g/mol. The fraction of sp³-hybridized carbons (Fsp3) is 0.455. The van der Waals surface area contributed by atoms with Crippen LogP contribution in [0.25, 0.3) is 0 Å². The van der Waals surface area contributed by atoms with Crippen LogP contribution in [0.4, 0.5) is 0 Å². The van der Waals surface area contributed by atoms with E-state index < -0.39 is 0 Å². The maximum atomic E-state index is 5.66. The summed E-state index contributed by atoms with van der Waals surface area (Å²) < 4.78 is 6.78. The van der Waals surface area contributed by atoms with Gasteiger partial charge in [0.1, 0.15) is 5.72 Å². The van der Waals surface area contributed by atoms with Gasteiger partial charge < -0.3 is 4.74 Å². The number of hydrogen-bond donors (Lipinski definition) is 1. The molecule has 0 aromatic heterocycles. The van der Waals surface area contributed by atoms with E-state index in [1.165, 1.54) is 5.56 Å². The largest absolute Gasteiger partial charge is 0.359 e. The Morgan fingerprint density at radius 3 is 2.93 bits per heavy atom. The SMILES string of the molecule is CC1(Cc2cccc(Br)c2)NCCO1.Cl. The number of hydrogen-bond acceptors (Lipinski definition) is 2. The van der Waals surface area contributed by atoms with E-state index in [1.54, 1.807) is 0 Å². The van der Waals surface area contributed by atoms with Crippen molar-refractivity contribution in [2.24, 2.45) is 0 Å². The van der Waals surface area contributed by atoms with E-state index in [2.05, 4.69) is 46.4 Å². The van der Waals surface area contributed by atoms with Crippen molar-refractivity contribution in [3.63, 3.8) is 0 Å². The predicted molar refractivity (Wildman–Crippen MR) is 67.5 cm³/mol. The van der Waals surface area contributed by atoms with Crippen molar-refractivity contribution in [3.05, 3.63) is 34.3 Å². The highest BCUT2D eigenvalue weighted by Crippen LogP contribution is 2.20. The minimum Gasteiger partial charge on any atom is -0.359 e. The van der Waals surface area contributed by atoms with Gasteiger partial charge in [-0.25, -0.2) is 0 Å². The lowest BCUT2D eigenvalue weighted by Crippen LogP contribution is -2.39. The fourth-order valence-corrected chi connectivity index (χ4v) is 2.24. The van der Waals surface area contributed by atoms with Gasteiger partial charge in [-0.2, -0.15) is 0 Å². The van der Waals surface area contributed by atoms with Crippen LogP contribution in [0.2, 0.25) is 0 Å². The molecule has 1 aliphatic heterocycles. The maximum Gasteiger partial charge on any atom is 0.120 e. The van der Waals surface area contributed by atoms with Crippen LogP contribution in [0.15, 0.2) is 28.7 Å². The van der Waals surface area contributed by atoms with Crippen LogP contribution < -0.4 is 5.32 Å². The summed E-state index contributed by atoms with van der Waals surface area (Å²) in [5.74, 6) is 0. The van der Waals surface area contributed by atoms with Gasteiger partial charge in [0.05, 0.1) is 6.61 Å².